The number of rotatable bonds is 6. The number of nitrogens with one attached hydrogen (secondary N) is 2. The minimum Gasteiger partial charge on any atom is -0.465 e. The van der Waals surface area contributed by atoms with Gasteiger partial charge in [0.1, 0.15) is 10.0 Å². The number of thiophene rings is 1. The zero-order chi connectivity index (χ0) is 18.6. The standard InChI is InChI=1S/C17H15N3O4S2/c1-24-17(21)12-4-6-13(7-5-12)19-15-9-8-14(11-18-15)20-26(22,23)16-3-2-10-25-16/h2-11,20H,1H3,(H,18,19). The highest BCUT2D eigenvalue weighted by molar-refractivity contribution is 7.94. The van der Waals surface area contributed by atoms with Crippen LogP contribution in [0.5, 0.6) is 0 Å². The van der Waals surface area contributed by atoms with Gasteiger partial charge >= 0.3 is 5.97 Å². The van der Waals surface area contributed by atoms with Crippen molar-refractivity contribution in [3.8, 4) is 0 Å². The highest BCUT2D eigenvalue weighted by Gasteiger charge is 2.15. The second kappa shape index (κ2) is 7.54. The van der Waals surface area contributed by atoms with Gasteiger partial charge in [0.05, 0.1) is 24.6 Å². The summed E-state index contributed by atoms with van der Waals surface area (Å²) in [5.41, 5.74) is 1.55. The molecular weight excluding hydrogens is 374 g/mol. The van der Waals surface area contributed by atoms with Crippen molar-refractivity contribution in [3.63, 3.8) is 0 Å². The van der Waals surface area contributed by atoms with Gasteiger partial charge < -0.3 is 10.1 Å². The maximum Gasteiger partial charge on any atom is 0.337 e. The SMILES string of the molecule is COC(=O)c1ccc(Nc2ccc(NS(=O)(=O)c3cccs3)cn2)cc1. The van der Waals surface area contributed by atoms with Crippen LogP contribution >= 0.6 is 11.3 Å². The number of carbonyl (C=O) groups is 1. The van der Waals surface area contributed by atoms with E-state index in [2.05, 4.69) is 19.8 Å². The predicted molar refractivity (Wildman–Crippen MR) is 100 cm³/mol. The van der Waals surface area contributed by atoms with Gasteiger partial charge in [-0.05, 0) is 47.8 Å². The van der Waals surface area contributed by atoms with E-state index in [1.54, 1.807) is 47.8 Å². The van der Waals surface area contributed by atoms with Crippen LogP contribution in [0.25, 0.3) is 0 Å². The van der Waals surface area contributed by atoms with Gasteiger partial charge in [-0.15, -0.1) is 11.3 Å². The summed E-state index contributed by atoms with van der Waals surface area (Å²) in [7, 11) is -2.27. The Bertz CT molecular complexity index is 984. The summed E-state index contributed by atoms with van der Waals surface area (Å²) in [6.45, 7) is 0. The fourth-order valence-corrected chi connectivity index (χ4v) is 4.14. The number of nitrogens with zero attached hydrogens (tertiary/aromatic N) is 1. The molecule has 2 heterocycles. The van der Waals surface area contributed by atoms with E-state index in [1.807, 2.05) is 0 Å². The summed E-state index contributed by atoms with van der Waals surface area (Å²) in [6.07, 6.45) is 1.43. The minimum atomic E-state index is -3.59. The molecule has 0 saturated carbocycles. The third kappa shape index (κ3) is 4.19. The van der Waals surface area contributed by atoms with Gasteiger partial charge in [0.2, 0.25) is 0 Å². The van der Waals surface area contributed by atoms with Crippen molar-refractivity contribution in [3.05, 3.63) is 65.7 Å². The average molecular weight is 389 g/mol. The molecular formula is C17H15N3O4S2. The van der Waals surface area contributed by atoms with E-state index < -0.39 is 16.0 Å². The van der Waals surface area contributed by atoms with Gasteiger partial charge in [-0.25, -0.2) is 18.2 Å². The maximum absolute atomic E-state index is 12.2. The molecule has 0 saturated heterocycles. The molecule has 7 nitrogen and oxygen atoms in total. The van der Waals surface area contributed by atoms with Gasteiger partial charge in [0, 0.05) is 5.69 Å². The first-order valence-corrected chi connectivity index (χ1v) is 9.82. The number of esters is 1. The zero-order valence-corrected chi connectivity index (χ0v) is 15.3. The van der Waals surface area contributed by atoms with Gasteiger partial charge in [-0.1, -0.05) is 6.07 Å². The highest BCUT2D eigenvalue weighted by atomic mass is 32.2. The molecule has 0 aliphatic heterocycles. The molecule has 0 fully saturated rings. The van der Waals surface area contributed by atoms with Crippen LogP contribution in [0.15, 0.2) is 64.3 Å². The van der Waals surface area contributed by atoms with E-state index >= 15 is 0 Å². The Hall–Kier alpha value is -2.91. The summed E-state index contributed by atoms with van der Waals surface area (Å²) in [5.74, 6) is 0.131. The molecule has 3 rings (SSSR count). The molecule has 0 unspecified atom stereocenters. The van der Waals surface area contributed by atoms with Gasteiger partial charge in [-0.2, -0.15) is 0 Å². The molecule has 0 aliphatic rings. The molecule has 0 radical (unpaired) electrons. The fraction of sp³-hybridized carbons (Fsp3) is 0.0588. The van der Waals surface area contributed by atoms with E-state index in [9.17, 15) is 13.2 Å². The lowest BCUT2D eigenvalue weighted by molar-refractivity contribution is 0.0601. The molecule has 1 aromatic carbocycles. The van der Waals surface area contributed by atoms with Gasteiger partial charge in [-0.3, -0.25) is 4.72 Å². The first-order valence-electron chi connectivity index (χ1n) is 7.46. The Balaban J connectivity index is 1.67. The first kappa shape index (κ1) is 17.9. The quantitative estimate of drug-likeness (QED) is 0.627. The Labute approximate surface area is 154 Å². The maximum atomic E-state index is 12.2. The number of sulfonamides is 1. The Morgan fingerprint density at radius 3 is 2.38 bits per heavy atom. The van der Waals surface area contributed by atoms with Crippen LogP contribution in [0.2, 0.25) is 0 Å². The van der Waals surface area contributed by atoms with Crippen molar-refractivity contribution in [2.24, 2.45) is 0 Å². The lowest BCUT2D eigenvalue weighted by Crippen LogP contribution is -2.11. The Kier molecular flexibility index (Phi) is 5.19. The molecule has 26 heavy (non-hydrogen) atoms. The third-order valence-electron chi connectivity index (χ3n) is 3.35. The third-order valence-corrected chi connectivity index (χ3v) is 6.13. The van der Waals surface area contributed by atoms with Crippen molar-refractivity contribution in [1.82, 2.24) is 4.98 Å². The van der Waals surface area contributed by atoms with E-state index in [-0.39, 0.29) is 4.21 Å². The first-order chi connectivity index (χ1) is 12.5. The topological polar surface area (TPSA) is 97.4 Å². The van der Waals surface area contributed by atoms with Crippen molar-refractivity contribution < 1.29 is 17.9 Å². The van der Waals surface area contributed by atoms with E-state index in [1.165, 1.54) is 19.4 Å². The predicted octanol–water partition coefficient (Wildman–Crippen LogP) is 3.47. The van der Waals surface area contributed by atoms with Crippen LogP contribution in [0.4, 0.5) is 17.2 Å². The normalized spacial score (nSPS) is 11.0. The molecule has 0 bridgehead atoms. The molecule has 0 atom stereocenters. The minimum absolute atomic E-state index is 0.241. The van der Waals surface area contributed by atoms with Crippen LogP contribution in [-0.4, -0.2) is 26.5 Å². The van der Waals surface area contributed by atoms with E-state index in [0.29, 0.717) is 17.1 Å². The summed E-state index contributed by atoms with van der Waals surface area (Å²) in [6, 6.07) is 13.2. The fourth-order valence-electron chi connectivity index (χ4n) is 2.11. The monoisotopic (exact) mass is 389 g/mol. The number of methoxy groups -OCH3 is 1. The molecule has 0 amide bonds. The highest BCUT2D eigenvalue weighted by Crippen LogP contribution is 2.21. The Morgan fingerprint density at radius 1 is 1.08 bits per heavy atom. The number of hydrogen-bond donors (Lipinski definition) is 2. The summed E-state index contributed by atoms with van der Waals surface area (Å²) in [5, 5.41) is 4.77. The lowest BCUT2D eigenvalue weighted by atomic mass is 10.2. The van der Waals surface area contributed by atoms with Crippen LogP contribution in [-0.2, 0) is 14.8 Å². The molecule has 2 N–H and O–H groups in total. The second-order valence-electron chi connectivity index (χ2n) is 5.16. The number of aromatic nitrogens is 1. The second-order valence-corrected chi connectivity index (χ2v) is 8.02. The number of benzene rings is 1. The van der Waals surface area contributed by atoms with Gasteiger partial charge in [0.15, 0.2) is 0 Å². The summed E-state index contributed by atoms with van der Waals surface area (Å²) in [4.78, 5) is 15.6. The molecule has 134 valence electrons. The van der Waals surface area contributed by atoms with Crippen molar-refractivity contribution >= 4 is 44.5 Å². The molecule has 0 aliphatic carbocycles. The number of anilines is 3. The lowest BCUT2D eigenvalue weighted by Gasteiger charge is -2.09. The van der Waals surface area contributed by atoms with Crippen molar-refractivity contribution in [2.45, 2.75) is 4.21 Å². The average Bonchev–Trinajstić information content (AvgIpc) is 3.19. The Morgan fingerprint density at radius 2 is 1.81 bits per heavy atom. The van der Waals surface area contributed by atoms with Crippen molar-refractivity contribution in [2.75, 3.05) is 17.1 Å². The number of ether oxygens (including phenoxy) is 1. The van der Waals surface area contributed by atoms with E-state index in [4.69, 9.17) is 0 Å². The van der Waals surface area contributed by atoms with E-state index in [0.717, 1.165) is 17.0 Å². The van der Waals surface area contributed by atoms with Crippen LogP contribution in [0.3, 0.4) is 0 Å². The molecule has 3 aromatic rings. The molecule has 0 spiro atoms. The van der Waals surface area contributed by atoms with Crippen LogP contribution < -0.4 is 10.0 Å². The number of pyridine rings is 1. The number of carbonyl (C=O) groups excluding carboxylic acids is 1. The van der Waals surface area contributed by atoms with Crippen LogP contribution in [0.1, 0.15) is 10.4 Å². The van der Waals surface area contributed by atoms with Gasteiger partial charge in [0.25, 0.3) is 10.0 Å². The number of hydrogen-bond acceptors (Lipinski definition) is 7. The zero-order valence-electron chi connectivity index (χ0n) is 13.7. The largest absolute Gasteiger partial charge is 0.465 e. The molecule has 2 aromatic heterocycles. The van der Waals surface area contributed by atoms with Crippen LogP contribution in [0, 0.1) is 0 Å². The summed E-state index contributed by atoms with van der Waals surface area (Å²) < 4.78 is 31.7. The summed E-state index contributed by atoms with van der Waals surface area (Å²) >= 11 is 1.14. The van der Waals surface area contributed by atoms with Crippen molar-refractivity contribution in [1.29, 1.82) is 0 Å². The smallest absolute Gasteiger partial charge is 0.337 e. The molecule has 9 heteroatoms.